The second kappa shape index (κ2) is 7.09. The molecule has 0 radical (unpaired) electrons. The number of ether oxygens (including phenoxy) is 1. The van der Waals surface area contributed by atoms with Gasteiger partial charge in [0.05, 0.1) is 20.8 Å². The van der Waals surface area contributed by atoms with Gasteiger partial charge in [-0.1, -0.05) is 78.4 Å². The molecule has 1 saturated heterocycles. The minimum atomic E-state index is -1.05. The topological polar surface area (TPSA) is 12.5 Å². The zero-order chi connectivity index (χ0) is 13.6. The van der Waals surface area contributed by atoms with Gasteiger partial charge in [0.25, 0.3) is 0 Å². The summed E-state index contributed by atoms with van der Waals surface area (Å²) in [7, 11) is -1.05. The van der Waals surface area contributed by atoms with Gasteiger partial charge < -0.3 is 4.74 Å². The summed E-state index contributed by atoms with van der Waals surface area (Å²) in [6.45, 7) is 13.5. The predicted molar refractivity (Wildman–Crippen MR) is 84.1 cm³/mol. The Balaban J connectivity index is 2.14. The molecule has 0 N–H and O–H groups in total. The van der Waals surface area contributed by atoms with Crippen LogP contribution in [0.2, 0.25) is 24.2 Å². The van der Waals surface area contributed by atoms with Gasteiger partial charge in [-0.25, -0.2) is 0 Å². The molecule has 0 bridgehead atoms. The van der Waals surface area contributed by atoms with E-state index in [4.69, 9.17) is 4.74 Å². The highest BCUT2D eigenvalue weighted by Crippen LogP contribution is 2.46. The molecular formula is C16H34OSi. The highest BCUT2D eigenvalue weighted by molar-refractivity contribution is 6.80. The lowest BCUT2D eigenvalue weighted by Gasteiger charge is -2.42. The molecule has 0 spiro atoms. The lowest BCUT2D eigenvalue weighted by atomic mass is 10.1. The van der Waals surface area contributed by atoms with Gasteiger partial charge in [-0.15, -0.1) is 0 Å². The maximum atomic E-state index is 5.25. The van der Waals surface area contributed by atoms with E-state index < -0.39 is 8.07 Å². The van der Waals surface area contributed by atoms with Crippen LogP contribution in [0.1, 0.15) is 65.7 Å². The molecule has 18 heavy (non-hydrogen) atoms. The van der Waals surface area contributed by atoms with Crippen LogP contribution in [0.15, 0.2) is 0 Å². The van der Waals surface area contributed by atoms with Gasteiger partial charge in [-0.2, -0.15) is 0 Å². The summed E-state index contributed by atoms with van der Waals surface area (Å²) in [5.74, 6) is 0. The zero-order valence-corrected chi connectivity index (χ0v) is 14.3. The Morgan fingerprint density at radius 2 is 1.61 bits per heavy atom. The molecule has 0 amide bonds. The van der Waals surface area contributed by atoms with Crippen LogP contribution in [-0.4, -0.2) is 20.8 Å². The van der Waals surface area contributed by atoms with Gasteiger partial charge in [-0.05, 0) is 11.5 Å². The van der Waals surface area contributed by atoms with E-state index in [2.05, 4.69) is 33.9 Å². The highest BCUT2D eigenvalue weighted by atomic mass is 28.3. The number of unbranched alkanes of at least 4 members (excludes halogenated alkanes) is 3. The fourth-order valence-electron chi connectivity index (χ4n) is 3.04. The van der Waals surface area contributed by atoms with E-state index in [1.165, 1.54) is 51.0 Å². The van der Waals surface area contributed by atoms with Gasteiger partial charge in [-0.3, -0.25) is 0 Å². The lowest BCUT2D eigenvalue weighted by molar-refractivity contribution is 0.388. The Labute approximate surface area is 116 Å². The summed E-state index contributed by atoms with van der Waals surface area (Å²) in [4.78, 5) is 0. The van der Waals surface area contributed by atoms with Gasteiger partial charge in [0, 0.05) is 0 Å². The number of hydrogen-bond acceptors (Lipinski definition) is 1. The molecule has 1 aliphatic rings. The largest absolute Gasteiger partial charge is 0.373 e. The van der Waals surface area contributed by atoms with Crippen molar-refractivity contribution >= 4 is 8.07 Å². The summed E-state index contributed by atoms with van der Waals surface area (Å²) in [5.41, 5.74) is 0. The molecule has 1 nitrogen and oxygen atoms in total. The molecule has 0 aromatic heterocycles. The average Bonchev–Trinajstić information content (AvgIpc) is 3.16. The van der Waals surface area contributed by atoms with Crippen LogP contribution in [0, 0.1) is 0 Å². The summed E-state index contributed by atoms with van der Waals surface area (Å²) < 4.78 is 5.25. The van der Waals surface area contributed by atoms with E-state index in [0.717, 1.165) is 6.61 Å². The van der Waals surface area contributed by atoms with E-state index in [1.54, 1.807) is 0 Å². The third-order valence-electron chi connectivity index (χ3n) is 5.67. The molecule has 1 aliphatic heterocycles. The minimum Gasteiger partial charge on any atom is -0.373 e. The molecule has 1 atom stereocenters. The second-order valence-corrected chi connectivity index (χ2v) is 12.5. The maximum Gasteiger partial charge on any atom is 0.0810 e. The third kappa shape index (κ3) is 4.69. The first kappa shape index (κ1) is 16.2. The first-order chi connectivity index (χ1) is 8.45. The summed E-state index contributed by atoms with van der Waals surface area (Å²) in [5, 5.41) is 0.648. The molecule has 0 aliphatic carbocycles. The number of rotatable bonds is 10. The molecule has 0 aromatic rings. The van der Waals surface area contributed by atoms with Crippen LogP contribution in [0.4, 0.5) is 0 Å². The monoisotopic (exact) mass is 270 g/mol. The summed E-state index contributed by atoms with van der Waals surface area (Å²) >= 11 is 0. The molecule has 1 fully saturated rings. The van der Waals surface area contributed by atoms with Crippen molar-refractivity contribution in [2.45, 2.75) is 96.0 Å². The van der Waals surface area contributed by atoms with Crippen molar-refractivity contribution in [3.05, 3.63) is 0 Å². The van der Waals surface area contributed by atoms with Crippen LogP contribution in [0.5, 0.6) is 0 Å². The zero-order valence-electron chi connectivity index (χ0n) is 13.3. The molecule has 0 aromatic carbocycles. The molecule has 1 unspecified atom stereocenters. The van der Waals surface area contributed by atoms with Crippen molar-refractivity contribution in [3.8, 4) is 0 Å². The summed E-state index contributed by atoms with van der Waals surface area (Å²) in [6.07, 6.45) is 10.4. The van der Waals surface area contributed by atoms with Crippen molar-refractivity contribution in [2.75, 3.05) is 6.61 Å². The smallest absolute Gasteiger partial charge is 0.0810 e. The van der Waals surface area contributed by atoms with Crippen LogP contribution in [0.25, 0.3) is 0 Å². The van der Waals surface area contributed by atoms with E-state index >= 15 is 0 Å². The first-order valence-corrected chi connectivity index (χ1v) is 11.3. The van der Waals surface area contributed by atoms with Crippen LogP contribution < -0.4 is 0 Å². The molecule has 1 heterocycles. The minimum absolute atomic E-state index is 0.638. The van der Waals surface area contributed by atoms with Gasteiger partial charge >= 0.3 is 0 Å². The first-order valence-electron chi connectivity index (χ1n) is 8.07. The predicted octanol–water partition coefficient (Wildman–Crippen LogP) is 5.62. The van der Waals surface area contributed by atoms with Crippen LogP contribution in [0.3, 0.4) is 0 Å². The quantitative estimate of drug-likeness (QED) is 0.285. The summed E-state index contributed by atoms with van der Waals surface area (Å²) in [6, 6.07) is 1.52. The van der Waals surface area contributed by atoms with Gasteiger partial charge in [0.15, 0.2) is 0 Å². The van der Waals surface area contributed by atoms with Gasteiger partial charge in [0.1, 0.15) is 0 Å². The Kier molecular flexibility index (Phi) is 6.39. The standard InChI is InChI=1S/C16H34OSi/c1-6-16(3,7-2)18(4,5)13-11-9-8-10-12-15-14-17-15/h15H,6-14H2,1-5H3. The molecule has 0 saturated carbocycles. The van der Waals surface area contributed by atoms with Crippen molar-refractivity contribution in [1.29, 1.82) is 0 Å². The fraction of sp³-hybridized carbons (Fsp3) is 1.00. The molecule has 108 valence electrons. The third-order valence-corrected chi connectivity index (χ3v) is 11.3. The maximum absolute atomic E-state index is 5.25. The Bertz CT molecular complexity index is 229. The normalized spacial score (nSPS) is 20.2. The molecule has 2 heteroatoms. The van der Waals surface area contributed by atoms with Crippen LogP contribution in [-0.2, 0) is 4.74 Å². The second-order valence-electron chi connectivity index (χ2n) is 7.06. The average molecular weight is 271 g/mol. The van der Waals surface area contributed by atoms with Crippen molar-refractivity contribution < 1.29 is 4.74 Å². The SMILES string of the molecule is CCC(C)(CC)[Si](C)(C)CCCCCCC1CO1. The lowest BCUT2D eigenvalue weighted by Crippen LogP contribution is -2.39. The van der Waals surface area contributed by atoms with Crippen molar-refractivity contribution in [3.63, 3.8) is 0 Å². The number of hydrogen-bond donors (Lipinski definition) is 0. The van der Waals surface area contributed by atoms with Crippen molar-refractivity contribution in [1.82, 2.24) is 0 Å². The Hall–Kier alpha value is 0.177. The van der Waals surface area contributed by atoms with Crippen LogP contribution >= 0.6 is 0 Å². The van der Waals surface area contributed by atoms with E-state index in [1.807, 2.05) is 0 Å². The molecule has 1 rings (SSSR count). The van der Waals surface area contributed by atoms with E-state index in [-0.39, 0.29) is 0 Å². The number of epoxide rings is 1. The van der Waals surface area contributed by atoms with Gasteiger partial charge in [0.2, 0.25) is 0 Å². The van der Waals surface area contributed by atoms with Crippen molar-refractivity contribution in [2.24, 2.45) is 0 Å². The highest BCUT2D eigenvalue weighted by Gasteiger charge is 2.38. The molecular weight excluding hydrogens is 236 g/mol. The Morgan fingerprint density at radius 1 is 1.06 bits per heavy atom. The Morgan fingerprint density at radius 3 is 2.11 bits per heavy atom. The van der Waals surface area contributed by atoms with E-state index in [0.29, 0.717) is 11.1 Å². The fourth-order valence-corrected chi connectivity index (χ4v) is 6.69. The van der Waals surface area contributed by atoms with E-state index in [9.17, 15) is 0 Å².